The van der Waals surface area contributed by atoms with Gasteiger partial charge in [0.1, 0.15) is 24.0 Å². The average Bonchev–Trinajstić information content (AvgIpc) is 3.26. The number of ether oxygens (including phenoxy) is 1. The molecule has 0 bridgehead atoms. The van der Waals surface area contributed by atoms with Gasteiger partial charge in [-0.3, -0.25) is 14.3 Å². The van der Waals surface area contributed by atoms with E-state index in [0.29, 0.717) is 29.8 Å². The molecular formula is C29H31ClF3N5O4. The van der Waals surface area contributed by atoms with Crippen LogP contribution >= 0.6 is 11.6 Å². The lowest BCUT2D eigenvalue weighted by atomic mass is 9.98. The van der Waals surface area contributed by atoms with Crippen LogP contribution in [0.3, 0.4) is 0 Å². The summed E-state index contributed by atoms with van der Waals surface area (Å²) in [5, 5.41) is 11.2. The number of phenols is 1. The van der Waals surface area contributed by atoms with Crippen molar-refractivity contribution < 1.29 is 27.8 Å². The molecular weight excluding hydrogens is 575 g/mol. The fourth-order valence-electron chi connectivity index (χ4n) is 6.53. The molecule has 3 aliphatic rings. The van der Waals surface area contributed by atoms with Gasteiger partial charge in [-0.25, -0.2) is 18.0 Å². The number of nitrogens with zero attached hydrogens (tertiary/aromatic N) is 5. The SMILES string of the molecule is CC(=O)N1C[C@H](C)N(c2nc(=O)n3c4c(c(-c5c(O)cccc5F)c(Cl)cc24)OC[C@@H]3CN2CCC(F)(F)C2)C[C@H]1C. The monoisotopic (exact) mass is 605 g/mol. The molecule has 3 aliphatic heterocycles. The van der Waals surface area contributed by atoms with Crippen molar-refractivity contribution in [3.05, 3.63) is 45.6 Å². The Morgan fingerprint density at radius 3 is 2.64 bits per heavy atom. The number of aromatic nitrogens is 2. The minimum Gasteiger partial charge on any atom is -0.507 e. The van der Waals surface area contributed by atoms with Gasteiger partial charge in [-0.05, 0) is 32.0 Å². The lowest BCUT2D eigenvalue weighted by Gasteiger charge is -2.45. The van der Waals surface area contributed by atoms with E-state index < -0.39 is 30.0 Å². The molecule has 3 aromatic rings. The molecule has 2 aromatic carbocycles. The number of aromatic hydroxyl groups is 1. The summed E-state index contributed by atoms with van der Waals surface area (Å²) in [6.45, 7) is 5.95. The van der Waals surface area contributed by atoms with Crippen LogP contribution in [0.1, 0.15) is 33.2 Å². The van der Waals surface area contributed by atoms with Gasteiger partial charge in [-0.2, -0.15) is 4.98 Å². The van der Waals surface area contributed by atoms with Gasteiger partial charge in [-0.1, -0.05) is 17.7 Å². The van der Waals surface area contributed by atoms with Crippen LogP contribution in [0.4, 0.5) is 19.0 Å². The van der Waals surface area contributed by atoms with Crippen LogP contribution in [-0.2, 0) is 4.79 Å². The topological polar surface area (TPSA) is 91.1 Å². The van der Waals surface area contributed by atoms with Crippen molar-refractivity contribution in [2.75, 3.05) is 44.2 Å². The Labute approximate surface area is 245 Å². The predicted molar refractivity (Wildman–Crippen MR) is 152 cm³/mol. The lowest BCUT2D eigenvalue weighted by Crippen LogP contribution is -2.58. The van der Waals surface area contributed by atoms with Crippen LogP contribution in [0.2, 0.25) is 5.02 Å². The van der Waals surface area contributed by atoms with E-state index in [1.165, 1.54) is 29.7 Å². The minimum absolute atomic E-state index is 0.0555. The number of carbonyl (C=O) groups excluding carboxylic acids is 1. The van der Waals surface area contributed by atoms with Crippen LogP contribution in [0.5, 0.6) is 11.5 Å². The zero-order valence-electron chi connectivity index (χ0n) is 23.4. The zero-order valence-corrected chi connectivity index (χ0v) is 24.2. The maximum absolute atomic E-state index is 15.1. The number of alkyl halides is 2. The molecule has 3 atom stereocenters. The summed E-state index contributed by atoms with van der Waals surface area (Å²) in [7, 11) is 0. The van der Waals surface area contributed by atoms with Crippen LogP contribution in [-0.4, -0.2) is 87.7 Å². The molecule has 0 radical (unpaired) electrons. The Kier molecular flexibility index (Phi) is 7.04. The number of likely N-dealkylation sites (tertiary alicyclic amines) is 1. The highest BCUT2D eigenvalue weighted by atomic mass is 35.5. The number of piperazine rings is 1. The van der Waals surface area contributed by atoms with Gasteiger partial charge in [0.05, 0.1) is 34.3 Å². The van der Waals surface area contributed by atoms with Gasteiger partial charge in [-0.15, -0.1) is 0 Å². The molecule has 2 saturated heterocycles. The molecule has 13 heteroatoms. The number of anilines is 1. The molecule has 0 unspecified atom stereocenters. The number of carbonyl (C=O) groups is 1. The zero-order chi connectivity index (χ0) is 30.1. The quantitative estimate of drug-likeness (QED) is 0.475. The van der Waals surface area contributed by atoms with Crippen molar-refractivity contribution in [2.24, 2.45) is 0 Å². The van der Waals surface area contributed by atoms with Gasteiger partial charge >= 0.3 is 5.69 Å². The van der Waals surface area contributed by atoms with Crippen LogP contribution < -0.4 is 15.3 Å². The number of halogens is 4. The first kappa shape index (κ1) is 28.6. The van der Waals surface area contributed by atoms with E-state index in [4.69, 9.17) is 16.3 Å². The van der Waals surface area contributed by atoms with Gasteiger partial charge < -0.3 is 19.6 Å². The Bertz CT molecular complexity index is 1630. The summed E-state index contributed by atoms with van der Waals surface area (Å²) in [5.74, 6) is -3.52. The normalized spacial score (nSPS) is 23.8. The number of benzene rings is 2. The number of hydrogen-bond acceptors (Lipinski definition) is 7. The fraction of sp³-hybridized carbons (Fsp3) is 0.483. The van der Waals surface area contributed by atoms with Gasteiger partial charge in [0.2, 0.25) is 5.91 Å². The van der Waals surface area contributed by atoms with E-state index in [1.54, 1.807) is 15.9 Å². The smallest absolute Gasteiger partial charge is 0.350 e. The second-order valence-corrected chi connectivity index (χ2v) is 11.9. The third kappa shape index (κ3) is 4.74. The summed E-state index contributed by atoms with van der Waals surface area (Å²) >= 11 is 6.79. The maximum Gasteiger partial charge on any atom is 0.350 e. The average molecular weight is 606 g/mol. The number of phenolic OH excluding ortho intramolecular Hbond substituents is 1. The van der Waals surface area contributed by atoms with Crippen LogP contribution in [0, 0.1) is 5.82 Å². The van der Waals surface area contributed by atoms with Crippen molar-refractivity contribution in [1.29, 1.82) is 0 Å². The highest BCUT2D eigenvalue weighted by molar-refractivity contribution is 6.35. The summed E-state index contributed by atoms with van der Waals surface area (Å²) in [6.07, 6.45) is -0.271. The van der Waals surface area contributed by atoms with E-state index in [0.717, 1.165) is 0 Å². The third-order valence-electron chi connectivity index (χ3n) is 8.50. The fourth-order valence-corrected chi connectivity index (χ4v) is 6.82. The number of amides is 1. The second kappa shape index (κ2) is 10.3. The Morgan fingerprint density at radius 1 is 1.21 bits per heavy atom. The molecule has 2 fully saturated rings. The molecule has 224 valence electrons. The van der Waals surface area contributed by atoms with E-state index in [9.17, 15) is 23.5 Å². The highest BCUT2D eigenvalue weighted by Gasteiger charge is 2.41. The predicted octanol–water partition coefficient (Wildman–Crippen LogP) is 4.28. The molecule has 1 N–H and O–H groups in total. The van der Waals surface area contributed by atoms with Crippen molar-refractivity contribution in [3.63, 3.8) is 0 Å². The summed E-state index contributed by atoms with van der Waals surface area (Å²) in [5.41, 5.74) is -0.411. The van der Waals surface area contributed by atoms with Gasteiger partial charge in [0, 0.05) is 57.0 Å². The molecule has 9 nitrogen and oxygen atoms in total. The highest BCUT2D eigenvalue weighted by Crippen LogP contribution is 2.49. The van der Waals surface area contributed by atoms with Gasteiger partial charge in [0.15, 0.2) is 5.75 Å². The summed E-state index contributed by atoms with van der Waals surface area (Å²) < 4.78 is 50.8. The second-order valence-electron chi connectivity index (χ2n) is 11.5. The summed E-state index contributed by atoms with van der Waals surface area (Å²) in [6, 6.07) is 4.41. The van der Waals surface area contributed by atoms with Crippen molar-refractivity contribution in [2.45, 2.75) is 51.2 Å². The minimum atomic E-state index is -2.81. The first-order valence-electron chi connectivity index (χ1n) is 13.9. The van der Waals surface area contributed by atoms with E-state index in [-0.39, 0.29) is 71.8 Å². The number of hydrogen-bond donors (Lipinski definition) is 1. The molecule has 42 heavy (non-hydrogen) atoms. The van der Waals surface area contributed by atoms with Crippen molar-refractivity contribution in [1.82, 2.24) is 19.4 Å². The molecule has 6 rings (SSSR count). The Balaban J connectivity index is 1.56. The maximum atomic E-state index is 15.1. The summed E-state index contributed by atoms with van der Waals surface area (Å²) in [4.78, 5) is 35.8. The first-order chi connectivity index (χ1) is 19.9. The molecule has 0 saturated carbocycles. The Hall–Kier alpha value is -3.51. The molecule has 1 amide bonds. The largest absolute Gasteiger partial charge is 0.507 e. The molecule has 0 spiro atoms. The number of rotatable bonds is 4. The third-order valence-corrected chi connectivity index (χ3v) is 8.80. The van der Waals surface area contributed by atoms with Crippen molar-refractivity contribution >= 4 is 34.2 Å². The standard InChI is InChI=1S/C29H31ClF3N5O4/c1-15-11-37(16(2)10-36(15)17(3)39)27-19-9-20(30)23(24-21(31)5-4-6-22(24)40)26-25(19)38(28(41)34-27)18(13-42-26)12-35-8-7-29(32,33)14-35/h4-6,9,15-16,18,40H,7-8,10-14H2,1-3H3/t15-,16+,18+/m1/s1. The first-order valence-corrected chi connectivity index (χ1v) is 14.3. The van der Waals surface area contributed by atoms with Crippen LogP contribution in [0.25, 0.3) is 22.0 Å². The van der Waals surface area contributed by atoms with E-state index in [1.807, 2.05) is 18.7 Å². The Morgan fingerprint density at radius 2 is 1.98 bits per heavy atom. The molecule has 4 heterocycles. The molecule has 0 aliphatic carbocycles. The lowest BCUT2D eigenvalue weighted by molar-refractivity contribution is -0.131. The van der Waals surface area contributed by atoms with E-state index in [2.05, 4.69) is 4.98 Å². The van der Waals surface area contributed by atoms with Crippen LogP contribution in [0.15, 0.2) is 29.1 Å². The van der Waals surface area contributed by atoms with Crippen molar-refractivity contribution in [3.8, 4) is 22.6 Å². The molecule has 1 aromatic heterocycles. The van der Waals surface area contributed by atoms with Gasteiger partial charge in [0.25, 0.3) is 5.92 Å². The van der Waals surface area contributed by atoms with E-state index >= 15 is 4.39 Å².